The van der Waals surface area contributed by atoms with Gasteiger partial charge in [0.1, 0.15) is 0 Å². The number of carboxylic acid groups (broad SMARTS) is 2. The van der Waals surface area contributed by atoms with Crippen LogP contribution in [0.2, 0.25) is 0 Å². The maximum absolute atomic E-state index is 10.2. The summed E-state index contributed by atoms with van der Waals surface area (Å²) in [6.45, 7) is 12.2. The number of allylic oxidation sites excluding steroid dienone is 1. The van der Waals surface area contributed by atoms with E-state index in [1.165, 1.54) is 0 Å². The molecule has 0 radical (unpaired) electrons. The van der Waals surface area contributed by atoms with Crippen LogP contribution >= 0.6 is 0 Å². The van der Waals surface area contributed by atoms with Crippen LogP contribution in [0.15, 0.2) is 23.8 Å². The summed E-state index contributed by atoms with van der Waals surface area (Å²) in [5, 5.41) is 16.5. The van der Waals surface area contributed by atoms with E-state index in [1.54, 1.807) is 19.9 Å². The molecule has 0 bridgehead atoms. The highest BCUT2D eigenvalue weighted by atomic mass is 16.4. The van der Waals surface area contributed by atoms with Crippen LogP contribution in [-0.4, -0.2) is 22.2 Å². The summed E-state index contributed by atoms with van der Waals surface area (Å²) in [5.74, 6) is -1.76. The lowest BCUT2D eigenvalue weighted by Crippen LogP contribution is -2.15. The zero-order valence-corrected chi connectivity index (χ0v) is 10.5. The van der Waals surface area contributed by atoms with E-state index in [-0.39, 0.29) is 11.0 Å². The molecule has 0 aromatic heterocycles. The average Bonchev–Trinajstić information content (AvgIpc) is 2.14. The van der Waals surface area contributed by atoms with Crippen LogP contribution in [0.1, 0.15) is 34.6 Å². The summed E-state index contributed by atoms with van der Waals surface area (Å²) >= 11 is 0. The van der Waals surface area contributed by atoms with Gasteiger partial charge in [-0.3, -0.25) is 0 Å². The zero-order chi connectivity index (χ0) is 13.5. The van der Waals surface area contributed by atoms with Crippen molar-refractivity contribution in [3.05, 3.63) is 23.8 Å². The van der Waals surface area contributed by atoms with Crippen molar-refractivity contribution in [3.63, 3.8) is 0 Å². The average molecular weight is 228 g/mol. The zero-order valence-electron chi connectivity index (χ0n) is 10.5. The lowest BCUT2D eigenvalue weighted by Gasteiger charge is -2.17. The first kappa shape index (κ1) is 16.8. The smallest absolute Gasteiger partial charge is 0.331 e. The van der Waals surface area contributed by atoms with Gasteiger partial charge in [-0.2, -0.15) is 0 Å². The van der Waals surface area contributed by atoms with E-state index in [4.69, 9.17) is 10.2 Å². The first-order valence-electron chi connectivity index (χ1n) is 4.83. The van der Waals surface area contributed by atoms with Gasteiger partial charge in [0.15, 0.2) is 0 Å². The molecule has 0 aromatic rings. The van der Waals surface area contributed by atoms with Gasteiger partial charge in [0.05, 0.1) is 0 Å². The molecule has 92 valence electrons. The standard InChI is InChI=1S/C7H12O2.C5H8O2/c1-5(6(8)9)7(2,3)4;1-3-4(2)5(6)7/h1H2,2-4H3,(H,8,9);3H,1-2H3,(H,6,7)/b;4-3+. The Morgan fingerprint density at radius 2 is 1.50 bits per heavy atom. The first-order valence-corrected chi connectivity index (χ1v) is 4.83. The largest absolute Gasteiger partial charge is 0.478 e. The fraction of sp³-hybridized carbons (Fsp3) is 0.500. The van der Waals surface area contributed by atoms with E-state index in [2.05, 4.69) is 6.58 Å². The molecule has 4 heteroatoms. The van der Waals surface area contributed by atoms with Gasteiger partial charge >= 0.3 is 11.9 Å². The Balaban J connectivity index is 0. The number of carbonyl (C=O) groups is 2. The Morgan fingerprint density at radius 3 is 1.50 bits per heavy atom. The minimum Gasteiger partial charge on any atom is -0.478 e. The minimum absolute atomic E-state index is 0.252. The van der Waals surface area contributed by atoms with Crippen LogP contribution in [0.4, 0.5) is 0 Å². The highest BCUT2D eigenvalue weighted by Crippen LogP contribution is 2.22. The van der Waals surface area contributed by atoms with Gasteiger partial charge in [-0.05, 0) is 19.3 Å². The summed E-state index contributed by atoms with van der Waals surface area (Å²) in [6, 6.07) is 0. The topological polar surface area (TPSA) is 74.6 Å². The van der Waals surface area contributed by atoms with Crippen molar-refractivity contribution in [2.45, 2.75) is 34.6 Å². The molecule has 0 saturated heterocycles. The molecule has 0 spiro atoms. The highest BCUT2D eigenvalue weighted by molar-refractivity contribution is 5.87. The van der Waals surface area contributed by atoms with Gasteiger partial charge < -0.3 is 10.2 Å². The van der Waals surface area contributed by atoms with Crippen molar-refractivity contribution in [2.24, 2.45) is 5.41 Å². The third-order valence-corrected chi connectivity index (χ3v) is 1.93. The van der Waals surface area contributed by atoms with Gasteiger partial charge in [-0.25, -0.2) is 9.59 Å². The van der Waals surface area contributed by atoms with Gasteiger partial charge in [0, 0.05) is 11.1 Å². The Labute approximate surface area is 96.3 Å². The number of hydrogen-bond donors (Lipinski definition) is 2. The summed E-state index contributed by atoms with van der Waals surface area (Å²) in [7, 11) is 0. The van der Waals surface area contributed by atoms with Crippen molar-refractivity contribution in [2.75, 3.05) is 0 Å². The van der Waals surface area contributed by atoms with E-state index < -0.39 is 11.9 Å². The number of carboxylic acids is 2. The van der Waals surface area contributed by atoms with E-state index in [1.807, 2.05) is 20.8 Å². The van der Waals surface area contributed by atoms with E-state index in [0.717, 1.165) is 0 Å². The van der Waals surface area contributed by atoms with Gasteiger partial charge in [0.2, 0.25) is 0 Å². The van der Waals surface area contributed by atoms with Gasteiger partial charge in [-0.15, -0.1) is 0 Å². The summed E-state index contributed by atoms with van der Waals surface area (Å²) in [4.78, 5) is 20.1. The molecule has 4 nitrogen and oxygen atoms in total. The van der Waals surface area contributed by atoms with Crippen LogP contribution in [0.25, 0.3) is 0 Å². The third-order valence-electron chi connectivity index (χ3n) is 1.93. The Bertz CT molecular complexity index is 305. The second kappa shape index (κ2) is 6.82. The molecule has 0 amide bonds. The van der Waals surface area contributed by atoms with Crippen LogP contribution in [0.5, 0.6) is 0 Å². The van der Waals surface area contributed by atoms with Crippen molar-refractivity contribution in [1.29, 1.82) is 0 Å². The molecular weight excluding hydrogens is 208 g/mol. The lowest BCUT2D eigenvalue weighted by molar-refractivity contribution is -0.134. The van der Waals surface area contributed by atoms with Gasteiger partial charge in [0.25, 0.3) is 0 Å². The summed E-state index contributed by atoms with van der Waals surface area (Å²) < 4.78 is 0. The Hall–Kier alpha value is -1.58. The van der Waals surface area contributed by atoms with Crippen LogP contribution < -0.4 is 0 Å². The minimum atomic E-state index is -0.914. The van der Waals surface area contributed by atoms with E-state index >= 15 is 0 Å². The molecule has 0 aromatic carbocycles. The molecule has 0 aliphatic heterocycles. The SMILES string of the molecule is C/C=C(\C)C(=O)O.C=C(C(=O)O)C(C)(C)C. The third kappa shape index (κ3) is 7.79. The molecule has 0 atom stereocenters. The Morgan fingerprint density at radius 1 is 1.12 bits per heavy atom. The number of rotatable bonds is 2. The molecular formula is C12H20O4. The van der Waals surface area contributed by atoms with Crippen molar-refractivity contribution in [3.8, 4) is 0 Å². The maximum atomic E-state index is 10.2. The van der Waals surface area contributed by atoms with E-state index in [0.29, 0.717) is 5.57 Å². The van der Waals surface area contributed by atoms with Gasteiger partial charge in [-0.1, -0.05) is 33.4 Å². The summed E-state index contributed by atoms with van der Waals surface area (Å²) in [6.07, 6.45) is 1.56. The molecule has 2 N–H and O–H groups in total. The molecule has 0 aliphatic carbocycles. The first-order chi connectivity index (χ1) is 7.03. The summed E-state index contributed by atoms with van der Waals surface area (Å²) in [5.41, 5.74) is 0.328. The Kier molecular flexibility index (Phi) is 7.18. The van der Waals surface area contributed by atoms with Crippen LogP contribution in [-0.2, 0) is 9.59 Å². The number of aliphatic carboxylic acids is 2. The predicted octanol–water partition coefficient (Wildman–Crippen LogP) is 2.71. The molecule has 0 fully saturated rings. The van der Waals surface area contributed by atoms with Crippen LogP contribution in [0, 0.1) is 5.41 Å². The quantitative estimate of drug-likeness (QED) is 0.712. The van der Waals surface area contributed by atoms with Crippen molar-refractivity contribution in [1.82, 2.24) is 0 Å². The fourth-order valence-corrected chi connectivity index (χ4v) is 0.444. The second-order valence-electron chi connectivity index (χ2n) is 4.31. The van der Waals surface area contributed by atoms with E-state index in [9.17, 15) is 9.59 Å². The number of hydrogen-bond acceptors (Lipinski definition) is 2. The monoisotopic (exact) mass is 228 g/mol. The maximum Gasteiger partial charge on any atom is 0.331 e. The highest BCUT2D eigenvalue weighted by Gasteiger charge is 2.20. The fourth-order valence-electron chi connectivity index (χ4n) is 0.444. The molecule has 0 aliphatic rings. The molecule has 0 saturated carbocycles. The normalized spacial score (nSPS) is 11.2. The molecule has 0 unspecified atom stereocenters. The second-order valence-corrected chi connectivity index (χ2v) is 4.31. The predicted molar refractivity (Wildman–Crippen MR) is 63.3 cm³/mol. The van der Waals surface area contributed by atoms with Crippen molar-refractivity contribution >= 4 is 11.9 Å². The van der Waals surface area contributed by atoms with Crippen molar-refractivity contribution < 1.29 is 19.8 Å². The molecule has 16 heavy (non-hydrogen) atoms. The molecule has 0 heterocycles. The molecule has 0 rings (SSSR count). The lowest BCUT2D eigenvalue weighted by atomic mass is 9.88. The van der Waals surface area contributed by atoms with Crippen LogP contribution in [0.3, 0.4) is 0 Å².